The number of halogens is 1. The Morgan fingerprint density at radius 3 is 2.83 bits per heavy atom. The van der Waals surface area contributed by atoms with Gasteiger partial charge in [0.25, 0.3) is 0 Å². The lowest BCUT2D eigenvalue weighted by Gasteiger charge is -2.18. The van der Waals surface area contributed by atoms with Crippen LogP contribution < -0.4 is 5.32 Å². The highest BCUT2D eigenvalue weighted by Crippen LogP contribution is 2.40. The fourth-order valence-corrected chi connectivity index (χ4v) is 4.96. The van der Waals surface area contributed by atoms with Gasteiger partial charge in [-0.05, 0) is 49.5 Å². The second-order valence-electron chi connectivity index (χ2n) is 6.96. The average molecular weight is 441 g/mol. The molecule has 0 saturated carbocycles. The van der Waals surface area contributed by atoms with E-state index in [1.54, 1.807) is 13.8 Å². The van der Waals surface area contributed by atoms with Crippen molar-refractivity contribution in [2.75, 3.05) is 11.9 Å². The first-order valence-corrected chi connectivity index (χ1v) is 10.4. The van der Waals surface area contributed by atoms with Crippen LogP contribution in [0, 0.1) is 23.0 Å². The van der Waals surface area contributed by atoms with Gasteiger partial charge in [0.05, 0.1) is 23.0 Å². The largest absolute Gasteiger partial charge is 0.462 e. The molecule has 0 fully saturated rings. The number of nitrogens with one attached hydrogen (secondary N) is 1. The Bertz CT molecular complexity index is 984. The molecule has 0 aliphatic heterocycles. The molecule has 0 saturated heterocycles. The smallest absolute Gasteiger partial charge is 0.408 e. The molecule has 9 nitrogen and oxygen atoms in total. The number of hydrogen-bond donors (Lipinski definition) is 1. The van der Waals surface area contributed by atoms with Crippen LogP contribution in [0.5, 0.6) is 0 Å². The lowest BCUT2D eigenvalue weighted by molar-refractivity contribution is -0.389. The van der Waals surface area contributed by atoms with E-state index in [2.05, 4.69) is 17.3 Å². The molecule has 29 heavy (non-hydrogen) atoms. The number of thiophene rings is 1. The van der Waals surface area contributed by atoms with Crippen molar-refractivity contribution in [3.8, 4) is 0 Å². The zero-order valence-corrected chi connectivity index (χ0v) is 17.9. The summed E-state index contributed by atoms with van der Waals surface area (Å²) in [7, 11) is 0. The molecule has 0 unspecified atom stereocenters. The van der Waals surface area contributed by atoms with Crippen LogP contribution in [0.3, 0.4) is 0 Å². The number of aromatic nitrogens is 2. The number of fused-ring (bicyclic) bond motifs is 1. The number of nitrogens with zero attached hydrogens (tertiary/aromatic N) is 3. The Balaban J connectivity index is 1.86. The van der Waals surface area contributed by atoms with Gasteiger partial charge in [-0.2, -0.15) is 4.68 Å². The van der Waals surface area contributed by atoms with Crippen LogP contribution in [0.4, 0.5) is 10.8 Å². The molecule has 2 heterocycles. The van der Waals surface area contributed by atoms with Gasteiger partial charge >= 0.3 is 11.8 Å². The minimum Gasteiger partial charge on any atom is -0.462 e. The third-order valence-corrected chi connectivity index (χ3v) is 6.44. The van der Waals surface area contributed by atoms with Crippen molar-refractivity contribution in [2.45, 2.75) is 46.6 Å². The van der Waals surface area contributed by atoms with E-state index >= 15 is 0 Å². The first kappa shape index (κ1) is 21.3. The maximum Gasteiger partial charge on any atom is 0.408 e. The molecule has 0 radical (unpaired) electrons. The van der Waals surface area contributed by atoms with Gasteiger partial charge in [-0.1, -0.05) is 18.5 Å². The molecule has 2 aromatic heterocycles. The molecule has 1 aliphatic carbocycles. The molecule has 0 bridgehead atoms. The highest BCUT2D eigenvalue weighted by atomic mass is 35.5. The lowest BCUT2D eigenvalue weighted by atomic mass is 9.88. The molecular formula is C18H21ClN4O5S. The van der Waals surface area contributed by atoms with Crippen LogP contribution in [-0.2, 0) is 28.9 Å². The molecule has 3 rings (SSSR count). The predicted octanol–water partition coefficient (Wildman–Crippen LogP) is 3.75. The summed E-state index contributed by atoms with van der Waals surface area (Å²) in [5.74, 6) is -0.901. The van der Waals surface area contributed by atoms with E-state index in [1.165, 1.54) is 16.0 Å². The van der Waals surface area contributed by atoms with Gasteiger partial charge in [0.2, 0.25) is 5.91 Å². The molecule has 0 aromatic carbocycles. The van der Waals surface area contributed by atoms with Crippen LogP contribution >= 0.6 is 22.9 Å². The summed E-state index contributed by atoms with van der Waals surface area (Å²) in [4.78, 5) is 36.5. The van der Waals surface area contributed by atoms with Crippen LogP contribution in [0.2, 0.25) is 5.02 Å². The molecule has 0 spiro atoms. The van der Waals surface area contributed by atoms with Crippen molar-refractivity contribution in [2.24, 2.45) is 5.92 Å². The monoisotopic (exact) mass is 440 g/mol. The van der Waals surface area contributed by atoms with Crippen molar-refractivity contribution < 1.29 is 19.2 Å². The second-order valence-corrected chi connectivity index (χ2v) is 8.45. The van der Waals surface area contributed by atoms with Crippen LogP contribution in [0.1, 0.15) is 46.8 Å². The first-order valence-electron chi connectivity index (χ1n) is 9.21. The summed E-state index contributed by atoms with van der Waals surface area (Å²) in [6, 6.07) is 0. The van der Waals surface area contributed by atoms with Crippen molar-refractivity contribution >= 4 is 45.6 Å². The van der Waals surface area contributed by atoms with E-state index < -0.39 is 22.6 Å². The van der Waals surface area contributed by atoms with Gasteiger partial charge in [-0.15, -0.1) is 11.3 Å². The van der Waals surface area contributed by atoms with E-state index in [9.17, 15) is 19.7 Å². The van der Waals surface area contributed by atoms with Gasteiger partial charge in [0, 0.05) is 4.88 Å². The molecular weight excluding hydrogens is 420 g/mol. The van der Waals surface area contributed by atoms with Gasteiger partial charge in [0.15, 0.2) is 5.02 Å². The van der Waals surface area contributed by atoms with Crippen LogP contribution in [-0.4, -0.2) is 33.2 Å². The zero-order chi connectivity index (χ0) is 21.3. The topological polar surface area (TPSA) is 116 Å². The lowest BCUT2D eigenvalue weighted by Crippen LogP contribution is -2.21. The minimum atomic E-state index is -0.697. The molecule has 11 heteroatoms. The van der Waals surface area contributed by atoms with Gasteiger partial charge in [-0.25, -0.2) is 4.79 Å². The molecule has 1 atom stereocenters. The Kier molecular flexibility index (Phi) is 6.23. The number of esters is 1. The highest BCUT2D eigenvalue weighted by Gasteiger charge is 2.30. The Labute approximate surface area is 176 Å². The van der Waals surface area contributed by atoms with E-state index in [1.807, 2.05) is 0 Å². The van der Waals surface area contributed by atoms with Crippen LogP contribution in [0.25, 0.3) is 0 Å². The van der Waals surface area contributed by atoms with E-state index in [0.29, 0.717) is 22.2 Å². The van der Waals surface area contributed by atoms with E-state index in [0.717, 1.165) is 29.7 Å². The summed E-state index contributed by atoms with van der Waals surface area (Å²) in [6.45, 7) is 5.41. The van der Waals surface area contributed by atoms with Crippen molar-refractivity contribution in [3.05, 3.63) is 36.8 Å². The second kappa shape index (κ2) is 8.50. The fraction of sp³-hybridized carbons (Fsp3) is 0.500. The summed E-state index contributed by atoms with van der Waals surface area (Å²) in [6.07, 6.45) is 2.58. The number of carbonyl (C=O) groups is 2. The molecule has 156 valence electrons. The highest BCUT2D eigenvalue weighted by molar-refractivity contribution is 7.17. The maximum absolute atomic E-state index is 12.6. The number of carbonyl (C=O) groups excluding carboxylic acids is 2. The molecule has 1 amide bonds. The normalized spacial score (nSPS) is 15.7. The average Bonchev–Trinajstić information content (AvgIpc) is 3.13. The first-order chi connectivity index (χ1) is 13.7. The predicted molar refractivity (Wildman–Crippen MR) is 109 cm³/mol. The molecule has 1 aliphatic rings. The maximum atomic E-state index is 12.6. The Morgan fingerprint density at radius 2 is 2.21 bits per heavy atom. The third kappa shape index (κ3) is 4.27. The molecule has 2 aromatic rings. The van der Waals surface area contributed by atoms with Gasteiger partial charge < -0.3 is 20.2 Å². The van der Waals surface area contributed by atoms with Crippen molar-refractivity contribution in [3.63, 3.8) is 0 Å². The number of ether oxygens (including phenoxy) is 1. The van der Waals surface area contributed by atoms with Crippen molar-refractivity contribution in [1.29, 1.82) is 0 Å². The molecule has 1 N–H and O–H groups in total. The van der Waals surface area contributed by atoms with E-state index in [4.69, 9.17) is 16.3 Å². The Morgan fingerprint density at radius 1 is 1.48 bits per heavy atom. The SMILES string of the molecule is CCOC(=O)c1c(NC(=O)Cn2nc([N+](=O)[O-])c(Cl)c2C)sc2c1CC[C@H](C)C2. The number of anilines is 1. The number of rotatable bonds is 6. The van der Waals surface area contributed by atoms with E-state index in [-0.39, 0.29) is 18.2 Å². The van der Waals surface area contributed by atoms with Gasteiger partial charge in [0.1, 0.15) is 11.5 Å². The number of nitro groups is 1. The van der Waals surface area contributed by atoms with Crippen LogP contribution in [0.15, 0.2) is 0 Å². The van der Waals surface area contributed by atoms with Gasteiger partial charge in [-0.3, -0.25) is 4.79 Å². The summed E-state index contributed by atoms with van der Waals surface area (Å²) >= 11 is 7.30. The summed E-state index contributed by atoms with van der Waals surface area (Å²) in [5.41, 5.74) is 1.67. The minimum absolute atomic E-state index is 0.101. The summed E-state index contributed by atoms with van der Waals surface area (Å²) < 4.78 is 6.37. The quantitative estimate of drug-likeness (QED) is 0.415. The summed E-state index contributed by atoms with van der Waals surface area (Å²) in [5, 5.41) is 17.9. The standard InChI is InChI=1S/C18H21ClN4O5S/c1-4-28-18(25)14-11-6-5-9(2)7-12(11)29-17(14)20-13(24)8-22-10(3)15(19)16(21-22)23(26)27/h9H,4-8H2,1-3H3,(H,20,24)/t9-/m0/s1. The third-order valence-electron chi connectivity index (χ3n) is 4.83. The number of hydrogen-bond acceptors (Lipinski definition) is 7. The zero-order valence-electron chi connectivity index (χ0n) is 16.3. The number of amides is 1. The van der Waals surface area contributed by atoms with Crippen molar-refractivity contribution in [1.82, 2.24) is 9.78 Å². The Hall–Kier alpha value is -2.46. The fourth-order valence-electron chi connectivity index (χ4n) is 3.34.